The Morgan fingerprint density at radius 2 is 2.25 bits per heavy atom. The molecule has 0 aliphatic carbocycles. The SMILES string of the molecule is CCCNC(C)c1cccnc1N1CCC(C)CC1C. The van der Waals surface area contributed by atoms with Gasteiger partial charge in [0, 0.05) is 30.4 Å². The Labute approximate surface area is 123 Å². The summed E-state index contributed by atoms with van der Waals surface area (Å²) in [7, 11) is 0. The van der Waals surface area contributed by atoms with Crippen LogP contribution in [-0.4, -0.2) is 24.1 Å². The molecule has 1 fully saturated rings. The smallest absolute Gasteiger partial charge is 0.133 e. The van der Waals surface area contributed by atoms with Crippen LogP contribution < -0.4 is 10.2 Å². The Morgan fingerprint density at radius 3 is 2.95 bits per heavy atom. The van der Waals surface area contributed by atoms with Crippen LogP contribution in [0.3, 0.4) is 0 Å². The Hall–Kier alpha value is -1.09. The van der Waals surface area contributed by atoms with E-state index in [1.807, 2.05) is 6.20 Å². The largest absolute Gasteiger partial charge is 0.354 e. The molecule has 20 heavy (non-hydrogen) atoms. The molecule has 1 aromatic rings. The molecule has 0 bridgehead atoms. The molecule has 1 saturated heterocycles. The van der Waals surface area contributed by atoms with Crippen LogP contribution in [0.2, 0.25) is 0 Å². The van der Waals surface area contributed by atoms with E-state index in [2.05, 4.69) is 50.0 Å². The van der Waals surface area contributed by atoms with E-state index in [-0.39, 0.29) is 0 Å². The van der Waals surface area contributed by atoms with Gasteiger partial charge in [-0.15, -0.1) is 0 Å². The molecule has 0 spiro atoms. The summed E-state index contributed by atoms with van der Waals surface area (Å²) in [6.07, 6.45) is 5.64. The van der Waals surface area contributed by atoms with Crippen molar-refractivity contribution in [2.45, 2.75) is 59.0 Å². The van der Waals surface area contributed by atoms with Crippen molar-refractivity contribution in [1.82, 2.24) is 10.3 Å². The molecular weight excluding hydrogens is 246 g/mol. The van der Waals surface area contributed by atoms with Crippen LogP contribution >= 0.6 is 0 Å². The van der Waals surface area contributed by atoms with Gasteiger partial charge < -0.3 is 10.2 Å². The molecule has 0 amide bonds. The van der Waals surface area contributed by atoms with Crippen molar-refractivity contribution in [3.63, 3.8) is 0 Å². The van der Waals surface area contributed by atoms with E-state index in [4.69, 9.17) is 4.98 Å². The van der Waals surface area contributed by atoms with Crippen molar-refractivity contribution in [3.8, 4) is 0 Å². The quantitative estimate of drug-likeness (QED) is 0.886. The molecule has 0 saturated carbocycles. The molecule has 3 heteroatoms. The highest BCUT2D eigenvalue weighted by Gasteiger charge is 2.26. The second-order valence-electron chi connectivity index (χ2n) is 6.26. The fourth-order valence-corrected chi connectivity index (χ4v) is 3.18. The molecule has 0 radical (unpaired) electrons. The van der Waals surface area contributed by atoms with Gasteiger partial charge >= 0.3 is 0 Å². The van der Waals surface area contributed by atoms with Crippen molar-refractivity contribution < 1.29 is 0 Å². The molecule has 3 unspecified atom stereocenters. The molecule has 2 heterocycles. The topological polar surface area (TPSA) is 28.2 Å². The van der Waals surface area contributed by atoms with Gasteiger partial charge in [-0.3, -0.25) is 0 Å². The maximum Gasteiger partial charge on any atom is 0.133 e. The van der Waals surface area contributed by atoms with E-state index >= 15 is 0 Å². The number of rotatable bonds is 5. The van der Waals surface area contributed by atoms with Gasteiger partial charge in [-0.1, -0.05) is 19.9 Å². The van der Waals surface area contributed by atoms with Crippen molar-refractivity contribution in [3.05, 3.63) is 23.9 Å². The third-order valence-corrected chi connectivity index (χ3v) is 4.39. The molecule has 1 aliphatic rings. The minimum atomic E-state index is 0.366. The van der Waals surface area contributed by atoms with Crippen LogP contribution in [0.5, 0.6) is 0 Å². The summed E-state index contributed by atoms with van der Waals surface area (Å²) in [5.74, 6) is 2.02. The first-order valence-electron chi connectivity index (χ1n) is 8.08. The number of hydrogen-bond donors (Lipinski definition) is 1. The Balaban J connectivity index is 2.18. The number of anilines is 1. The van der Waals surface area contributed by atoms with Crippen LogP contribution in [0.15, 0.2) is 18.3 Å². The van der Waals surface area contributed by atoms with E-state index in [9.17, 15) is 0 Å². The van der Waals surface area contributed by atoms with Gasteiger partial charge in [-0.25, -0.2) is 4.98 Å². The minimum absolute atomic E-state index is 0.366. The fourth-order valence-electron chi connectivity index (χ4n) is 3.18. The lowest BCUT2D eigenvalue weighted by Crippen LogP contribution is -2.41. The van der Waals surface area contributed by atoms with Crippen LogP contribution in [-0.2, 0) is 0 Å². The van der Waals surface area contributed by atoms with E-state index < -0.39 is 0 Å². The van der Waals surface area contributed by atoms with Crippen molar-refractivity contribution in [2.75, 3.05) is 18.0 Å². The molecule has 1 aromatic heterocycles. The molecule has 3 nitrogen and oxygen atoms in total. The second-order valence-corrected chi connectivity index (χ2v) is 6.26. The maximum atomic E-state index is 4.69. The standard InChI is InChI=1S/C17H29N3/c1-5-9-18-15(4)16-7-6-10-19-17(16)20-11-8-13(2)12-14(20)3/h6-7,10,13-15,18H,5,8-9,11-12H2,1-4H3. The lowest BCUT2D eigenvalue weighted by atomic mass is 9.93. The number of hydrogen-bond acceptors (Lipinski definition) is 3. The van der Waals surface area contributed by atoms with Crippen molar-refractivity contribution in [2.24, 2.45) is 5.92 Å². The predicted octanol–water partition coefficient (Wildman–Crippen LogP) is 3.77. The lowest BCUT2D eigenvalue weighted by molar-refractivity contribution is 0.374. The van der Waals surface area contributed by atoms with Crippen LogP contribution in [0.1, 0.15) is 58.6 Å². The Morgan fingerprint density at radius 1 is 1.45 bits per heavy atom. The monoisotopic (exact) mass is 275 g/mol. The molecule has 2 rings (SSSR count). The number of pyridine rings is 1. The van der Waals surface area contributed by atoms with Crippen LogP contribution in [0.25, 0.3) is 0 Å². The van der Waals surface area contributed by atoms with Gasteiger partial charge in [-0.05, 0) is 51.6 Å². The molecule has 1 aliphatic heterocycles. The zero-order chi connectivity index (χ0) is 14.5. The molecule has 3 atom stereocenters. The highest BCUT2D eigenvalue weighted by Crippen LogP contribution is 2.31. The van der Waals surface area contributed by atoms with Crippen LogP contribution in [0, 0.1) is 5.92 Å². The number of piperidine rings is 1. The third kappa shape index (κ3) is 3.51. The van der Waals surface area contributed by atoms with Crippen molar-refractivity contribution in [1.29, 1.82) is 0 Å². The average Bonchev–Trinajstić information content (AvgIpc) is 2.45. The first-order chi connectivity index (χ1) is 9.63. The van der Waals surface area contributed by atoms with E-state index in [1.165, 1.54) is 24.2 Å². The van der Waals surface area contributed by atoms with Crippen LogP contribution in [0.4, 0.5) is 5.82 Å². The normalized spacial score (nSPS) is 24.7. The van der Waals surface area contributed by atoms with Gasteiger partial charge in [-0.2, -0.15) is 0 Å². The average molecular weight is 275 g/mol. The first kappa shape index (κ1) is 15.3. The van der Waals surface area contributed by atoms with Crippen molar-refractivity contribution >= 4 is 5.82 Å². The summed E-state index contributed by atoms with van der Waals surface area (Å²) < 4.78 is 0. The van der Waals surface area contributed by atoms with Gasteiger partial charge in [0.05, 0.1) is 0 Å². The first-order valence-corrected chi connectivity index (χ1v) is 8.08. The molecule has 112 valence electrons. The van der Waals surface area contributed by atoms with Gasteiger partial charge in [0.2, 0.25) is 0 Å². The van der Waals surface area contributed by atoms with E-state index in [1.54, 1.807) is 0 Å². The number of nitrogens with one attached hydrogen (secondary N) is 1. The van der Waals surface area contributed by atoms with E-state index in [0.29, 0.717) is 12.1 Å². The Bertz CT molecular complexity index is 418. The van der Waals surface area contributed by atoms with Gasteiger partial charge in [0.25, 0.3) is 0 Å². The summed E-state index contributed by atoms with van der Waals surface area (Å²) in [6, 6.07) is 5.23. The van der Waals surface area contributed by atoms with E-state index in [0.717, 1.165) is 25.4 Å². The summed E-state index contributed by atoms with van der Waals surface area (Å²) >= 11 is 0. The highest BCUT2D eigenvalue weighted by molar-refractivity contribution is 5.49. The lowest BCUT2D eigenvalue weighted by Gasteiger charge is -2.39. The molecular formula is C17H29N3. The Kier molecular flexibility index (Phi) is 5.41. The summed E-state index contributed by atoms with van der Waals surface area (Å²) in [4.78, 5) is 7.19. The summed E-state index contributed by atoms with van der Waals surface area (Å²) in [5, 5.41) is 3.59. The van der Waals surface area contributed by atoms with Gasteiger partial charge in [0.15, 0.2) is 0 Å². The highest BCUT2D eigenvalue weighted by atomic mass is 15.2. The maximum absolute atomic E-state index is 4.69. The minimum Gasteiger partial charge on any atom is -0.354 e. The summed E-state index contributed by atoms with van der Waals surface area (Å²) in [6.45, 7) is 11.3. The number of aromatic nitrogens is 1. The number of nitrogens with zero attached hydrogens (tertiary/aromatic N) is 2. The predicted molar refractivity (Wildman–Crippen MR) is 86.2 cm³/mol. The zero-order valence-corrected chi connectivity index (χ0v) is 13.4. The van der Waals surface area contributed by atoms with Gasteiger partial charge in [0.1, 0.15) is 5.82 Å². The molecule has 1 N–H and O–H groups in total. The molecule has 0 aromatic carbocycles. The third-order valence-electron chi connectivity index (χ3n) is 4.39. The second kappa shape index (κ2) is 7.07. The fraction of sp³-hybridized carbons (Fsp3) is 0.706. The zero-order valence-electron chi connectivity index (χ0n) is 13.4. The summed E-state index contributed by atoms with van der Waals surface area (Å²) in [5.41, 5.74) is 1.34.